The van der Waals surface area contributed by atoms with Crippen molar-refractivity contribution in [3.8, 4) is 0 Å². The fraction of sp³-hybridized carbons (Fsp3) is 0.649. The smallest absolute Gasteiger partial charge is 0.652 e. The van der Waals surface area contributed by atoms with Gasteiger partial charge in [0.15, 0.2) is 0 Å². The Bertz CT molecular complexity index is 1870. The van der Waals surface area contributed by atoms with Gasteiger partial charge in [0.2, 0.25) is 0 Å². The summed E-state index contributed by atoms with van der Waals surface area (Å²) >= 11 is 0. The second-order valence-electron chi connectivity index (χ2n) is 17.9. The monoisotopic (exact) mass is 1320 g/mol. The van der Waals surface area contributed by atoms with E-state index in [1.54, 1.807) is 0 Å². The number of nitrogens with one attached hydrogen (secondary N) is 1. The Labute approximate surface area is 553 Å². The summed E-state index contributed by atoms with van der Waals surface area (Å²) in [6.07, 6.45) is 12.3. The molecule has 4 aliphatic heterocycles. The SMILES string of the molecule is C1COC(C2CCCO2)C1.CC(O)COC(=O)/C=C/C(=O)OCCOCCOC(=O)/C=C/C(=O)OCC(C)O.CC(O)COC(=O)/C=C\C(=O)OCCOCCOC(=O)/C=C\C(=O)OCC(C)O.CC1CO1.CCNCC.O=C1C=CC(=O)O1.OCCO.[3H][B-].[3H][B-].[Mg+2]. The first-order chi connectivity index (χ1) is 43.9. The molecule has 0 saturated carbocycles. The number of carbonyl (C=O) groups excluding carboxylic acids is 10. The third kappa shape index (κ3) is 74.6. The Morgan fingerprint density at radius 3 is 0.868 bits per heavy atom. The Hall–Kier alpha value is -5.98. The van der Waals surface area contributed by atoms with E-state index in [-0.39, 0.29) is 116 Å². The minimum atomic E-state index is -0.802. The zero-order chi connectivity index (χ0) is 70.8. The van der Waals surface area contributed by atoms with E-state index in [1.807, 2.05) is 0 Å². The van der Waals surface area contributed by atoms with Crippen LogP contribution in [-0.4, -0.2) is 301 Å². The van der Waals surface area contributed by atoms with Crippen LogP contribution in [0.3, 0.4) is 0 Å². The molecule has 0 bridgehead atoms. The van der Waals surface area contributed by atoms with Gasteiger partial charge in [-0.25, -0.2) is 47.9 Å². The molecular weight excluding hydrogens is 1220 g/mol. The molecule has 4 rings (SSSR count). The number of aliphatic hydroxyl groups excluding tert-OH is 6. The molecule has 3 fully saturated rings. The third-order valence-electron chi connectivity index (χ3n) is 9.18. The van der Waals surface area contributed by atoms with Crippen molar-refractivity contribution < 1.29 is 145 Å². The van der Waals surface area contributed by atoms with Crippen LogP contribution in [0, 0.1) is 0 Å². The Kier molecular flexibility index (Phi) is 67.2. The van der Waals surface area contributed by atoms with E-state index < -0.39 is 84.1 Å². The average molecular weight is 1320 g/mol. The summed E-state index contributed by atoms with van der Waals surface area (Å²) in [7, 11) is 7.50. The van der Waals surface area contributed by atoms with Crippen LogP contribution in [0.2, 0.25) is 0 Å². The van der Waals surface area contributed by atoms with Gasteiger partial charge in [0, 0.05) is 74.0 Å². The summed E-state index contributed by atoms with van der Waals surface area (Å²) in [4.78, 5) is 110. The molecule has 0 aromatic carbocycles. The zero-order valence-electron chi connectivity index (χ0n) is 54.9. The quantitative estimate of drug-likeness (QED) is 0.00690. The summed E-state index contributed by atoms with van der Waals surface area (Å²) in [5.74, 6) is -7.41. The number of rotatable bonds is 32. The van der Waals surface area contributed by atoms with Crippen molar-refractivity contribution in [3.63, 3.8) is 0 Å². The number of carbonyl (C=O) groups is 10. The molecule has 0 aromatic heterocycles. The van der Waals surface area contributed by atoms with Crippen molar-refractivity contribution in [3.05, 3.63) is 60.8 Å². The summed E-state index contributed by atoms with van der Waals surface area (Å²) in [5.41, 5.74) is 0. The molecule has 4 heterocycles. The molecule has 6 radical (unpaired) electrons. The molecule has 0 spiro atoms. The van der Waals surface area contributed by atoms with Crippen LogP contribution < -0.4 is 5.32 Å². The average Bonchev–Trinajstić information content (AvgIpc) is 2.26. The van der Waals surface area contributed by atoms with E-state index in [0.29, 0.717) is 18.3 Å². The molecule has 91 heavy (non-hydrogen) atoms. The maximum Gasteiger partial charge on any atom is 2.00 e. The largest absolute Gasteiger partial charge is 2.00 e. The number of ether oxygens (including phenoxy) is 14. The standard InChI is InChI=1S/2C18H26O11.C8H14O2.C4H11N.C4H2O3.C3H6O.C2H6O2.2BH.Mg/c2*1-13(19)11-28-17(23)5-3-15(21)26-9-7-25-8-10-27-16(22)4-6-18(24)29-12-14(2)20;1-3-7(9-5-1)8-4-2-6-10-8;1-3-5-4-2;5-3-1-2-4(6)7-3;1-3-2-4-3;3-1-2-4;;;/h2*3-6,13-14,19-20H,7-12H2,1-2H3;7-8H,1-6H2;5H,3-4H2,1-2H3;1-2H;3H,2H2,1H3;3-4H,1-2H2;2*1H;/q;;;;;;;2*-1;+2/b5-3+,6-4+;5-3-,6-4-;;;;;;;;/i;;;;;;;2*1T;. The van der Waals surface area contributed by atoms with Crippen LogP contribution in [0.25, 0.3) is 0 Å². The maximum atomic E-state index is 11.3. The number of hydrogen-bond donors (Lipinski definition) is 7. The molecule has 7 N–H and O–H groups in total. The van der Waals surface area contributed by atoms with Gasteiger partial charge in [0.25, 0.3) is 0 Å². The van der Waals surface area contributed by atoms with Gasteiger partial charge in [-0.05, 0) is 73.4 Å². The maximum absolute atomic E-state index is 11.3. The molecule has 0 aromatic rings. The fourth-order valence-electron chi connectivity index (χ4n) is 5.19. The molecule has 3 saturated heterocycles. The summed E-state index contributed by atoms with van der Waals surface area (Å²) in [6, 6.07) is 0. The summed E-state index contributed by atoms with van der Waals surface area (Å²) < 4.78 is 77.8. The number of aliphatic hydroxyl groups is 6. The van der Waals surface area contributed by atoms with E-state index in [9.17, 15) is 47.9 Å². The van der Waals surface area contributed by atoms with Gasteiger partial charge in [-0.1, -0.05) is 13.8 Å². The molecule has 31 nitrogen and oxygen atoms in total. The molecule has 0 aliphatic carbocycles. The van der Waals surface area contributed by atoms with Gasteiger partial charge in [-0.3, -0.25) is 0 Å². The molecule has 514 valence electrons. The van der Waals surface area contributed by atoms with Gasteiger partial charge in [-0.15, -0.1) is 0 Å². The van der Waals surface area contributed by atoms with E-state index in [0.717, 1.165) is 93.7 Å². The first-order valence-electron chi connectivity index (χ1n) is 29.2. The second kappa shape index (κ2) is 66.9. The number of cyclic esters (lactones) is 2. The molecule has 7 unspecified atom stereocenters. The van der Waals surface area contributed by atoms with Gasteiger partial charge in [0.05, 0.1) is 89.0 Å². The molecule has 4 aliphatic rings. The Morgan fingerprint density at radius 1 is 0.495 bits per heavy atom. The summed E-state index contributed by atoms with van der Waals surface area (Å²) in [6.45, 7) is 15.9. The number of hydrogen-bond acceptors (Lipinski definition) is 31. The summed E-state index contributed by atoms with van der Waals surface area (Å²) in [5, 5.41) is 54.1. The van der Waals surface area contributed by atoms with E-state index in [1.165, 1.54) is 53.4 Å². The second-order valence-corrected chi connectivity index (χ2v) is 17.9. The van der Waals surface area contributed by atoms with Gasteiger partial charge in [-0.2, -0.15) is 0 Å². The van der Waals surface area contributed by atoms with Crippen LogP contribution in [0.5, 0.6) is 0 Å². The van der Waals surface area contributed by atoms with Gasteiger partial charge in [0.1, 0.15) is 52.9 Å². The first-order valence-corrected chi connectivity index (χ1v) is 28.0. The molecule has 7 atom stereocenters. The zero-order valence-corrected chi connectivity index (χ0v) is 54.3. The first kappa shape index (κ1) is 91.4. The van der Waals surface area contributed by atoms with Crippen molar-refractivity contribution in [2.24, 2.45) is 0 Å². The van der Waals surface area contributed by atoms with Crippen molar-refractivity contribution in [2.75, 3.05) is 125 Å². The normalized spacial score (nSPS) is 16.9. The molecular formula is C57H93B2MgNO30. The van der Waals surface area contributed by atoms with Crippen molar-refractivity contribution >= 4 is 99.5 Å². The molecule has 0 amide bonds. The van der Waals surface area contributed by atoms with Crippen LogP contribution in [0.15, 0.2) is 60.8 Å². The Balaban J connectivity index is -0.000000269. The van der Waals surface area contributed by atoms with Crippen LogP contribution in [0.1, 0.15) is 74.1 Å². The minimum absolute atomic E-state index is 0. The van der Waals surface area contributed by atoms with Crippen LogP contribution in [-0.2, 0) is 114 Å². The predicted molar refractivity (Wildman–Crippen MR) is 325 cm³/mol. The minimum Gasteiger partial charge on any atom is -0.652 e. The van der Waals surface area contributed by atoms with Gasteiger partial charge >= 0.3 is 82.7 Å². The topological polar surface area (TPSA) is 437 Å². The van der Waals surface area contributed by atoms with E-state index >= 15 is 0 Å². The van der Waals surface area contributed by atoms with Crippen molar-refractivity contribution in [1.29, 1.82) is 2.67 Å². The van der Waals surface area contributed by atoms with Crippen LogP contribution >= 0.6 is 0 Å². The van der Waals surface area contributed by atoms with E-state index in [4.69, 9.17) is 75.9 Å². The fourth-order valence-corrected chi connectivity index (χ4v) is 5.19. The Morgan fingerprint density at radius 2 is 0.725 bits per heavy atom. The van der Waals surface area contributed by atoms with Crippen molar-refractivity contribution in [1.82, 2.24) is 5.32 Å². The van der Waals surface area contributed by atoms with Gasteiger partial charge < -0.3 is 122 Å². The predicted octanol–water partition coefficient (Wildman–Crippen LogP) is -2.62. The van der Waals surface area contributed by atoms with Crippen LogP contribution in [0.4, 0.5) is 0 Å². The number of epoxide rings is 1. The number of esters is 10. The van der Waals surface area contributed by atoms with Crippen molar-refractivity contribution in [2.45, 2.75) is 117 Å². The van der Waals surface area contributed by atoms with E-state index in [2.05, 4.69) is 66.5 Å². The third-order valence-corrected chi connectivity index (χ3v) is 9.18. The molecule has 34 heteroatoms.